The van der Waals surface area contributed by atoms with Crippen molar-refractivity contribution in [3.63, 3.8) is 0 Å². The van der Waals surface area contributed by atoms with Gasteiger partial charge in [0.2, 0.25) is 5.91 Å². The summed E-state index contributed by atoms with van der Waals surface area (Å²) in [6.45, 7) is 3.18. The smallest absolute Gasteiger partial charge is 0.223 e. The molecule has 1 amide bonds. The third-order valence-electron chi connectivity index (χ3n) is 4.56. The molecule has 0 bridgehead atoms. The molecule has 1 saturated heterocycles. The number of hydrogen-bond donors (Lipinski definition) is 2. The van der Waals surface area contributed by atoms with Crippen LogP contribution in [0.15, 0.2) is 0 Å². The molecule has 0 aromatic rings. The Balaban J connectivity index is 1.54. The van der Waals surface area contributed by atoms with Gasteiger partial charge in [-0.15, -0.1) is 0 Å². The molecule has 2 N–H and O–H groups in total. The molecule has 1 heterocycles. The van der Waals surface area contributed by atoms with E-state index in [1.165, 1.54) is 25.7 Å². The number of amides is 1. The van der Waals surface area contributed by atoms with Crippen molar-refractivity contribution in [2.45, 2.75) is 57.5 Å². The second-order valence-electron chi connectivity index (χ2n) is 6.29. The van der Waals surface area contributed by atoms with E-state index >= 15 is 0 Å². The van der Waals surface area contributed by atoms with E-state index in [0.29, 0.717) is 18.0 Å². The molecule has 3 aliphatic rings. The van der Waals surface area contributed by atoms with Crippen molar-refractivity contribution in [2.75, 3.05) is 6.54 Å². The number of piperidine rings is 1. The first-order valence-electron chi connectivity index (χ1n) is 7.28. The fraction of sp³-hybridized carbons (Fsp3) is 0.929. The Kier molecular flexibility index (Phi) is 3.12. The zero-order chi connectivity index (χ0) is 11.8. The lowest BCUT2D eigenvalue weighted by Gasteiger charge is -2.29. The average molecular weight is 236 g/mol. The van der Waals surface area contributed by atoms with Crippen LogP contribution in [0, 0.1) is 17.8 Å². The van der Waals surface area contributed by atoms with Gasteiger partial charge >= 0.3 is 0 Å². The minimum Gasteiger partial charge on any atom is -0.353 e. The van der Waals surface area contributed by atoms with Crippen LogP contribution >= 0.6 is 0 Å². The first-order chi connectivity index (χ1) is 8.24. The van der Waals surface area contributed by atoms with E-state index in [9.17, 15) is 4.79 Å². The highest BCUT2D eigenvalue weighted by Crippen LogP contribution is 2.44. The molecule has 96 valence electrons. The van der Waals surface area contributed by atoms with Gasteiger partial charge in [-0.3, -0.25) is 4.79 Å². The first kappa shape index (κ1) is 11.5. The maximum atomic E-state index is 12.3. The van der Waals surface area contributed by atoms with Crippen LogP contribution in [0.25, 0.3) is 0 Å². The van der Waals surface area contributed by atoms with Gasteiger partial charge in [0.25, 0.3) is 0 Å². The zero-order valence-electron chi connectivity index (χ0n) is 10.7. The topological polar surface area (TPSA) is 41.1 Å². The Hall–Kier alpha value is -0.570. The summed E-state index contributed by atoms with van der Waals surface area (Å²) in [5.74, 6) is 2.21. The third-order valence-corrected chi connectivity index (χ3v) is 4.56. The predicted octanol–water partition coefficient (Wildman–Crippen LogP) is 1.68. The maximum Gasteiger partial charge on any atom is 0.223 e. The Labute approximate surface area is 104 Å². The summed E-state index contributed by atoms with van der Waals surface area (Å²) < 4.78 is 0. The van der Waals surface area contributed by atoms with Gasteiger partial charge in [-0.05, 0) is 63.8 Å². The molecule has 0 radical (unpaired) electrons. The van der Waals surface area contributed by atoms with Crippen molar-refractivity contribution >= 4 is 5.91 Å². The van der Waals surface area contributed by atoms with Crippen molar-refractivity contribution in [3.8, 4) is 0 Å². The minimum absolute atomic E-state index is 0.256. The molecule has 1 aliphatic heterocycles. The van der Waals surface area contributed by atoms with Crippen molar-refractivity contribution < 1.29 is 4.79 Å². The van der Waals surface area contributed by atoms with Crippen molar-refractivity contribution in [3.05, 3.63) is 0 Å². The standard InChI is InChI=1S/C14H24N2O/c1-9-8-12(6-7-15-9)14(17)16-13(10-2-3-10)11-4-5-11/h9-13,15H,2-8H2,1H3,(H,16,17). The quantitative estimate of drug-likeness (QED) is 0.780. The molecule has 3 heteroatoms. The molecule has 0 aromatic carbocycles. The van der Waals surface area contributed by atoms with Crippen molar-refractivity contribution in [2.24, 2.45) is 17.8 Å². The van der Waals surface area contributed by atoms with Gasteiger partial charge in [0.15, 0.2) is 0 Å². The molecule has 2 saturated carbocycles. The van der Waals surface area contributed by atoms with Gasteiger partial charge in [0.1, 0.15) is 0 Å². The Morgan fingerprint density at radius 2 is 1.82 bits per heavy atom. The van der Waals surface area contributed by atoms with Crippen molar-refractivity contribution in [1.82, 2.24) is 10.6 Å². The summed E-state index contributed by atoms with van der Waals surface area (Å²) in [4.78, 5) is 12.3. The second kappa shape index (κ2) is 4.60. The lowest BCUT2D eigenvalue weighted by Crippen LogP contribution is -2.46. The molecule has 17 heavy (non-hydrogen) atoms. The molecule has 0 aromatic heterocycles. The molecule has 3 nitrogen and oxygen atoms in total. The van der Waals surface area contributed by atoms with Gasteiger partial charge in [0, 0.05) is 18.0 Å². The fourth-order valence-electron chi connectivity index (χ4n) is 3.18. The van der Waals surface area contributed by atoms with Crippen LogP contribution in [0.1, 0.15) is 45.4 Å². The van der Waals surface area contributed by atoms with E-state index in [0.717, 1.165) is 31.2 Å². The Morgan fingerprint density at radius 3 is 2.35 bits per heavy atom. The summed E-state index contributed by atoms with van der Waals surface area (Å²) in [5.41, 5.74) is 0. The SMILES string of the molecule is CC1CC(C(=O)NC(C2CC2)C2CC2)CCN1. The summed E-state index contributed by atoms with van der Waals surface area (Å²) in [7, 11) is 0. The Bertz CT molecular complexity index is 285. The van der Waals surface area contributed by atoms with E-state index in [1.54, 1.807) is 0 Å². The molecule has 2 aliphatic carbocycles. The van der Waals surface area contributed by atoms with Crippen LogP contribution < -0.4 is 10.6 Å². The van der Waals surface area contributed by atoms with Crippen LogP contribution in [-0.4, -0.2) is 24.5 Å². The highest BCUT2D eigenvalue weighted by molar-refractivity contribution is 5.79. The second-order valence-corrected chi connectivity index (χ2v) is 6.29. The maximum absolute atomic E-state index is 12.3. The lowest BCUT2D eigenvalue weighted by atomic mass is 9.92. The van der Waals surface area contributed by atoms with E-state index < -0.39 is 0 Å². The van der Waals surface area contributed by atoms with Crippen LogP contribution in [0.3, 0.4) is 0 Å². The monoisotopic (exact) mass is 236 g/mol. The van der Waals surface area contributed by atoms with Gasteiger partial charge in [0.05, 0.1) is 0 Å². The average Bonchev–Trinajstić information content (AvgIpc) is 3.16. The van der Waals surface area contributed by atoms with Gasteiger partial charge < -0.3 is 10.6 Å². The third kappa shape index (κ3) is 2.82. The number of nitrogens with one attached hydrogen (secondary N) is 2. The molecule has 2 unspecified atom stereocenters. The minimum atomic E-state index is 0.256. The summed E-state index contributed by atoms with van der Waals surface area (Å²) in [5, 5.41) is 6.77. The normalized spacial score (nSPS) is 33.8. The zero-order valence-corrected chi connectivity index (χ0v) is 10.7. The highest BCUT2D eigenvalue weighted by atomic mass is 16.2. The number of hydrogen-bond acceptors (Lipinski definition) is 2. The predicted molar refractivity (Wildman–Crippen MR) is 67.6 cm³/mol. The summed E-state index contributed by atoms with van der Waals surface area (Å²) in [6, 6.07) is 1.02. The molecule has 2 atom stereocenters. The van der Waals surface area contributed by atoms with E-state index in [-0.39, 0.29) is 5.92 Å². The van der Waals surface area contributed by atoms with E-state index in [4.69, 9.17) is 0 Å². The van der Waals surface area contributed by atoms with E-state index in [1.807, 2.05) is 0 Å². The highest BCUT2D eigenvalue weighted by Gasteiger charge is 2.42. The molecule has 3 fully saturated rings. The Morgan fingerprint density at radius 1 is 1.18 bits per heavy atom. The number of carbonyl (C=O) groups is 1. The van der Waals surface area contributed by atoms with Gasteiger partial charge in [-0.1, -0.05) is 0 Å². The molecule has 3 rings (SSSR count). The van der Waals surface area contributed by atoms with Gasteiger partial charge in [-0.2, -0.15) is 0 Å². The van der Waals surface area contributed by atoms with E-state index in [2.05, 4.69) is 17.6 Å². The molecular formula is C14H24N2O. The van der Waals surface area contributed by atoms with Crippen LogP contribution in [0.5, 0.6) is 0 Å². The summed E-state index contributed by atoms with van der Waals surface area (Å²) in [6.07, 6.45) is 7.37. The lowest BCUT2D eigenvalue weighted by molar-refractivity contribution is -0.127. The van der Waals surface area contributed by atoms with Crippen LogP contribution in [0.4, 0.5) is 0 Å². The molecule has 0 spiro atoms. The number of carbonyl (C=O) groups excluding carboxylic acids is 1. The summed E-state index contributed by atoms with van der Waals surface area (Å²) >= 11 is 0. The molecular weight excluding hydrogens is 212 g/mol. The van der Waals surface area contributed by atoms with Crippen LogP contribution in [0.2, 0.25) is 0 Å². The first-order valence-corrected chi connectivity index (χ1v) is 7.28. The number of rotatable bonds is 4. The van der Waals surface area contributed by atoms with Crippen molar-refractivity contribution in [1.29, 1.82) is 0 Å². The van der Waals surface area contributed by atoms with Gasteiger partial charge in [-0.25, -0.2) is 0 Å². The fourth-order valence-corrected chi connectivity index (χ4v) is 3.18. The van der Waals surface area contributed by atoms with Crippen LogP contribution in [-0.2, 0) is 4.79 Å². The largest absolute Gasteiger partial charge is 0.353 e.